The molecule has 0 fully saturated rings. The zero-order valence-electron chi connectivity index (χ0n) is 25.0. The molecule has 1 aromatic carbocycles. The van der Waals surface area contributed by atoms with Crippen molar-refractivity contribution in [3.8, 4) is 22.8 Å². The summed E-state index contributed by atoms with van der Waals surface area (Å²) >= 11 is 0. The zero-order chi connectivity index (χ0) is 29.2. The maximum Gasteiger partial charge on any atom is 0.253 e. The molecule has 2 aromatic heterocycles. The number of H-pyrrole nitrogens is 1. The molecule has 0 bridgehead atoms. The summed E-state index contributed by atoms with van der Waals surface area (Å²) in [5, 5.41) is 5.39. The summed E-state index contributed by atoms with van der Waals surface area (Å²) in [4.78, 5) is 34.5. The summed E-state index contributed by atoms with van der Waals surface area (Å²) in [5.41, 5.74) is 5.02. The lowest BCUT2D eigenvalue weighted by atomic mass is 10.0. The first-order chi connectivity index (χ1) is 19.1. The SMILES string of the molecule is CCC[N+]1(CC)Cc2c(C(=O)NCc3c(C)cc(C)[nH]c3=O)cc(-c3ccc(OC)c(OC)c3)nc2N1C(C)C. The second kappa shape index (κ2) is 11.7. The zero-order valence-corrected chi connectivity index (χ0v) is 25.0. The molecule has 2 N–H and O–H groups in total. The number of carbonyl (C=O) groups is 1. The molecule has 0 saturated heterocycles. The van der Waals surface area contributed by atoms with Gasteiger partial charge in [-0.1, -0.05) is 6.92 Å². The normalized spacial score (nSPS) is 16.3. The van der Waals surface area contributed by atoms with E-state index in [0.717, 1.165) is 47.7 Å². The van der Waals surface area contributed by atoms with Gasteiger partial charge < -0.3 is 19.8 Å². The number of nitrogens with zero attached hydrogens (tertiary/aromatic N) is 3. The van der Waals surface area contributed by atoms with Gasteiger partial charge in [0.05, 0.1) is 43.6 Å². The lowest BCUT2D eigenvalue weighted by molar-refractivity contribution is -0.944. The van der Waals surface area contributed by atoms with E-state index in [2.05, 4.69) is 43.0 Å². The molecule has 9 heteroatoms. The van der Waals surface area contributed by atoms with Crippen molar-refractivity contribution in [1.82, 2.24) is 15.3 Å². The van der Waals surface area contributed by atoms with Crippen LogP contribution in [0.1, 0.15) is 66.9 Å². The van der Waals surface area contributed by atoms with Crippen LogP contribution < -0.4 is 25.4 Å². The molecule has 3 aromatic rings. The van der Waals surface area contributed by atoms with Crippen LogP contribution in [0, 0.1) is 13.8 Å². The van der Waals surface area contributed by atoms with Gasteiger partial charge in [-0.15, -0.1) is 0 Å². The van der Waals surface area contributed by atoms with Crippen LogP contribution in [-0.4, -0.2) is 53.8 Å². The number of carbonyl (C=O) groups excluding carboxylic acids is 1. The van der Waals surface area contributed by atoms with Crippen molar-refractivity contribution >= 4 is 11.7 Å². The first kappa shape index (κ1) is 29.1. The number of quaternary nitrogens is 1. The maximum atomic E-state index is 13.9. The number of hydrogen-bond donors (Lipinski definition) is 2. The second-order valence-corrected chi connectivity index (χ2v) is 10.8. The molecule has 4 rings (SSSR count). The Balaban J connectivity index is 1.85. The van der Waals surface area contributed by atoms with Crippen LogP contribution in [-0.2, 0) is 13.1 Å². The minimum atomic E-state index is -0.226. The van der Waals surface area contributed by atoms with Gasteiger partial charge in [-0.2, -0.15) is 0 Å². The van der Waals surface area contributed by atoms with Crippen LogP contribution >= 0.6 is 0 Å². The standard InChI is InChI=1S/C31H41N5O4/c1-9-13-36(10-2)18-25-23(30(37)32-17-24-20(5)14-21(6)33-31(24)38)16-26(34-29(25)35(36)19(3)4)22-11-12-27(39-7)28(15-22)40-8/h11-12,14-16,19H,9-10,13,17-18H2,1-8H3,(H-,32,33,37,38)/p+1. The predicted octanol–water partition coefficient (Wildman–Crippen LogP) is 4.89. The lowest BCUT2D eigenvalue weighted by Gasteiger charge is -2.43. The van der Waals surface area contributed by atoms with Gasteiger partial charge in [0.25, 0.3) is 11.5 Å². The van der Waals surface area contributed by atoms with E-state index in [1.807, 2.05) is 44.2 Å². The monoisotopic (exact) mass is 548 g/mol. The summed E-state index contributed by atoms with van der Waals surface area (Å²) in [6.45, 7) is 15.1. The van der Waals surface area contributed by atoms with Crippen LogP contribution in [0.5, 0.6) is 11.5 Å². The number of pyridine rings is 2. The molecule has 1 atom stereocenters. The van der Waals surface area contributed by atoms with Gasteiger partial charge in [-0.25, -0.2) is 14.6 Å². The number of aryl methyl sites for hydroxylation is 2. The molecule has 0 spiro atoms. The molecule has 3 heterocycles. The average Bonchev–Trinajstić information content (AvgIpc) is 3.26. The van der Waals surface area contributed by atoms with Gasteiger partial charge in [0.15, 0.2) is 17.3 Å². The third kappa shape index (κ3) is 5.30. The van der Waals surface area contributed by atoms with Gasteiger partial charge in [-0.05, 0) is 76.9 Å². The highest BCUT2D eigenvalue weighted by Gasteiger charge is 2.46. The largest absolute Gasteiger partial charge is 0.493 e. The molecular formula is C31H42N5O4+. The van der Waals surface area contributed by atoms with Crippen molar-refractivity contribution in [2.75, 3.05) is 32.3 Å². The number of nitrogens with one attached hydrogen (secondary N) is 2. The second-order valence-electron chi connectivity index (χ2n) is 10.8. The minimum Gasteiger partial charge on any atom is -0.493 e. The summed E-state index contributed by atoms with van der Waals surface area (Å²) in [6.07, 6.45) is 1.00. The molecular weight excluding hydrogens is 506 g/mol. The molecule has 1 aliphatic rings. The third-order valence-corrected chi connectivity index (χ3v) is 7.79. The van der Waals surface area contributed by atoms with E-state index in [1.165, 1.54) is 0 Å². The Kier molecular flexibility index (Phi) is 8.54. The highest BCUT2D eigenvalue weighted by Crippen LogP contribution is 2.42. The topological polar surface area (TPSA) is 96.5 Å². The number of hydrogen-bond acceptors (Lipinski definition) is 6. The Labute approximate surface area is 236 Å². The highest BCUT2D eigenvalue weighted by molar-refractivity contribution is 5.98. The van der Waals surface area contributed by atoms with E-state index >= 15 is 0 Å². The fourth-order valence-corrected chi connectivity index (χ4v) is 5.95. The Morgan fingerprint density at radius 2 is 1.85 bits per heavy atom. The Morgan fingerprint density at radius 3 is 2.45 bits per heavy atom. The number of aromatic amines is 1. The van der Waals surface area contributed by atoms with Crippen molar-refractivity contribution in [3.05, 3.63) is 68.6 Å². The van der Waals surface area contributed by atoms with Crippen LogP contribution in [0.25, 0.3) is 11.3 Å². The van der Waals surface area contributed by atoms with Crippen LogP contribution in [0.3, 0.4) is 0 Å². The molecule has 0 radical (unpaired) electrons. The fourth-order valence-electron chi connectivity index (χ4n) is 5.95. The molecule has 214 valence electrons. The van der Waals surface area contributed by atoms with Crippen molar-refractivity contribution in [1.29, 1.82) is 0 Å². The number of anilines is 1. The van der Waals surface area contributed by atoms with E-state index in [-0.39, 0.29) is 24.1 Å². The first-order valence-corrected chi connectivity index (χ1v) is 14.0. The van der Waals surface area contributed by atoms with Crippen LogP contribution in [0.4, 0.5) is 5.82 Å². The predicted molar refractivity (Wildman–Crippen MR) is 158 cm³/mol. The highest BCUT2D eigenvalue weighted by atomic mass is 16.5. The number of ether oxygens (including phenoxy) is 2. The number of methoxy groups -OCH3 is 2. The smallest absolute Gasteiger partial charge is 0.253 e. The average molecular weight is 549 g/mol. The van der Waals surface area contributed by atoms with Gasteiger partial charge in [0.1, 0.15) is 13.1 Å². The lowest BCUT2D eigenvalue weighted by Crippen LogP contribution is -2.59. The van der Waals surface area contributed by atoms with E-state index in [9.17, 15) is 9.59 Å². The van der Waals surface area contributed by atoms with E-state index in [1.54, 1.807) is 14.2 Å². The summed E-state index contributed by atoms with van der Waals surface area (Å²) in [5.74, 6) is 1.81. The molecule has 9 nitrogen and oxygen atoms in total. The summed E-state index contributed by atoms with van der Waals surface area (Å²) in [6, 6.07) is 9.61. The summed E-state index contributed by atoms with van der Waals surface area (Å²) < 4.78 is 11.7. The van der Waals surface area contributed by atoms with E-state index in [0.29, 0.717) is 39.5 Å². The number of aromatic nitrogens is 2. The van der Waals surface area contributed by atoms with Crippen LogP contribution in [0.2, 0.25) is 0 Å². The Hall–Kier alpha value is -3.85. The van der Waals surface area contributed by atoms with Crippen molar-refractivity contribution in [3.63, 3.8) is 0 Å². The van der Waals surface area contributed by atoms with Gasteiger partial charge >= 0.3 is 0 Å². The van der Waals surface area contributed by atoms with Crippen LogP contribution in [0.15, 0.2) is 35.1 Å². The molecule has 0 saturated carbocycles. The van der Waals surface area contributed by atoms with Gasteiger partial charge in [-0.3, -0.25) is 9.59 Å². The molecule has 40 heavy (non-hydrogen) atoms. The Morgan fingerprint density at radius 1 is 1.12 bits per heavy atom. The van der Waals surface area contributed by atoms with E-state index < -0.39 is 0 Å². The quantitative estimate of drug-likeness (QED) is 0.350. The first-order valence-electron chi connectivity index (χ1n) is 14.0. The number of fused-ring (bicyclic) bond motifs is 1. The third-order valence-electron chi connectivity index (χ3n) is 7.79. The summed E-state index contributed by atoms with van der Waals surface area (Å²) in [7, 11) is 3.20. The van der Waals surface area contributed by atoms with E-state index in [4.69, 9.17) is 14.5 Å². The fraction of sp³-hybridized carbons (Fsp3) is 0.452. The van der Waals surface area contributed by atoms with Gasteiger partial charge in [0, 0.05) is 23.4 Å². The maximum absolute atomic E-state index is 13.9. The van der Waals surface area contributed by atoms with Crippen molar-refractivity contribution in [2.45, 2.75) is 67.1 Å². The number of rotatable bonds is 10. The number of amides is 1. The number of benzene rings is 1. The van der Waals surface area contributed by atoms with Gasteiger partial charge in [0.2, 0.25) is 0 Å². The molecule has 1 aliphatic heterocycles. The Bertz CT molecular complexity index is 1460. The molecule has 1 unspecified atom stereocenters. The van der Waals surface area contributed by atoms with Crippen molar-refractivity contribution < 1.29 is 18.9 Å². The molecule has 1 amide bonds. The van der Waals surface area contributed by atoms with Crippen molar-refractivity contribution in [2.24, 2.45) is 0 Å². The molecule has 0 aliphatic carbocycles. The minimum absolute atomic E-state index is 0.139.